The van der Waals surface area contributed by atoms with E-state index >= 15 is 0 Å². The van der Waals surface area contributed by atoms with E-state index in [1.54, 1.807) is 11.8 Å². The molecule has 0 saturated heterocycles. The van der Waals surface area contributed by atoms with E-state index in [4.69, 9.17) is 11.6 Å². The zero-order chi connectivity index (χ0) is 10.7. The van der Waals surface area contributed by atoms with E-state index in [1.807, 2.05) is 36.4 Å². The van der Waals surface area contributed by atoms with Crippen molar-refractivity contribution in [3.05, 3.63) is 58.0 Å². The van der Waals surface area contributed by atoms with Crippen LogP contribution in [0.3, 0.4) is 0 Å². The molecule has 0 aliphatic carbocycles. The highest BCUT2D eigenvalue weighted by atomic mass is 79.9. The van der Waals surface area contributed by atoms with E-state index < -0.39 is 0 Å². The van der Waals surface area contributed by atoms with Crippen molar-refractivity contribution in [2.75, 3.05) is 0 Å². The van der Waals surface area contributed by atoms with Crippen LogP contribution < -0.4 is 0 Å². The van der Waals surface area contributed by atoms with Crippen molar-refractivity contribution in [1.29, 1.82) is 0 Å². The molecule has 2 aromatic carbocycles. The molecule has 0 nitrogen and oxygen atoms in total. The molecule has 0 spiro atoms. The van der Waals surface area contributed by atoms with Crippen molar-refractivity contribution in [3.63, 3.8) is 0 Å². The molecule has 0 N–H and O–H groups in total. The molecule has 15 heavy (non-hydrogen) atoms. The SMILES string of the molecule is Clc1ccc(Sc2ccccc2)c(Br)c1. The standard InChI is InChI=1S/C12H8BrClS/c13-11-8-9(14)6-7-12(11)15-10-4-2-1-3-5-10/h1-8H. The highest BCUT2D eigenvalue weighted by Crippen LogP contribution is 2.34. The smallest absolute Gasteiger partial charge is 0.0418 e. The number of benzene rings is 2. The topological polar surface area (TPSA) is 0 Å². The van der Waals surface area contributed by atoms with Gasteiger partial charge in [0.25, 0.3) is 0 Å². The van der Waals surface area contributed by atoms with Gasteiger partial charge in [0.1, 0.15) is 0 Å². The van der Waals surface area contributed by atoms with Crippen molar-refractivity contribution in [2.24, 2.45) is 0 Å². The van der Waals surface area contributed by atoms with Gasteiger partial charge in [-0.25, -0.2) is 0 Å². The highest BCUT2D eigenvalue weighted by Gasteiger charge is 2.02. The van der Waals surface area contributed by atoms with Gasteiger partial charge < -0.3 is 0 Å². The van der Waals surface area contributed by atoms with Crippen molar-refractivity contribution in [2.45, 2.75) is 9.79 Å². The average Bonchev–Trinajstić information content (AvgIpc) is 2.24. The Balaban J connectivity index is 2.25. The third kappa shape index (κ3) is 3.00. The molecule has 0 aliphatic rings. The van der Waals surface area contributed by atoms with Crippen molar-refractivity contribution < 1.29 is 0 Å². The minimum atomic E-state index is 0.749. The summed E-state index contributed by atoms with van der Waals surface area (Å²) in [5, 5.41) is 0.749. The molecule has 3 heteroatoms. The lowest BCUT2D eigenvalue weighted by atomic mass is 10.4. The van der Waals surface area contributed by atoms with Gasteiger partial charge in [-0.15, -0.1) is 0 Å². The summed E-state index contributed by atoms with van der Waals surface area (Å²) >= 11 is 11.1. The second kappa shape index (κ2) is 5.06. The second-order valence-corrected chi connectivity index (χ2v) is 5.40. The molecular weight excluding hydrogens is 292 g/mol. The van der Waals surface area contributed by atoms with Crippen LogP contribution in [0.1, 0.15) is 0 Å². The van der Waals surface area contributed by atoms with Crippen LogP contribution in [0.4, 0.5) is 0 Å². The maximum atomic E-state index is 5.88. The Morgan fingerprint density at radius 3 is 2.40 bits per heavy atom. The minimum Gasteiger partial charge on any atom is -0.0889 e. The van der Waals surface area contributed by atoms with Crippen LogP contribution in [-0.2, 0) is 0 Å². The Kier molecular flexibility index (Phi) is 3.73. The molecule has 0 amide bonds. The van der Waals surface area contributed by atoms with Crippen LogP contribution in [0.25, 0.3) is 0 Å². The Bertz CT molecular complexity index is 456. The number of halogens is 2. The van der Waals surface area contributed by atoms with Gasteiger partial charge in [0.2, 0.25) is 0 Å². The second-order valence-electron chi connectivity index (χ2n) is 2.99. The first-order chi connectivity index (χ1) is 7.25. The lowest BCUT2D eigenvalue weighted by Crippen LogP contribution is -1.75. The van der Waals surface area contributed by atoms with E-state index in [-0.39, 0.29) is 0 Å². The predicted octanol–water partition coefficient (Wildman–Crippen LogP) is 5.25. The predicted molar refractivity (Wildman–Crippen MR) is 69.7 cm³/mol. The van der Waals surface area contributed by atoms with E-state index in [0.717, 1.165) is 9.50 Å². The molecule has 0 aromatic heterocycles. The van der Waals surface area contributed by atoms with Gasteiger partial charge in [0.05, 0.1) is 0 Å². The Hall–Kier alpha value is -0.440. The molecule has 0 bridgehead atoms. The molecule has 2 rings (SSSR count). The molecule has 0 fully saturated rings. The Labute approximate surface area is 107 Å². The van der Waals surface area contributed by atoms with Crippen molar-refractivity contribution in [3.8, 4) is 0 Å². The van der Waals surface area contributed by atoms with E-state index in [2.05, 4.69) is 28.1 Å². The first-order valence-electron chi connectivity index (χ1n) is 4.43. The summed E-state index contributed by atoms with van der Waals surface area (Å²) in [6.45, 7) is 0. The maximum Gasteiger partial charge on any atom is 0.0418 e. The molecule has 0 atom stereocenters. The third-order valence-corrected chi connectivity index (χ3v) is 4.10. The number of rotatable bonds is 2. The van der Waals surface area contributed by atoms with Gasteiger partial charge in [-0.2, -0.15) is 0 Å². The quantitative estimate of drug-likeness (QED) is 0.729. The summed E-state index contributed by atoms with van der Waals surface area (Å²) in [5.41, 5.74) is 0. The Morgan fingerprint density at radius 1 is 1.00 bits per heavy atom. The normalized spacial score (nSPS) is 10.3. The molecule has 0 unspecified atom stereocenters. The van der Waals surface area contributed by atoms with E-state index in [1.165, 1.54) is 9.79 Å². The van der Waals surface area contributed by atoms with Crippen LogP contribution in [-0.4, -0.2) is 0 Å². The Morgan fingerprint density at radius 2 is 1.73 bits per heavy atom. The largest absolute Gasteiger partial charge is 0.0889 e. The van der Waals surface area contributed by atoms with Crippen molar-refractivity contribution >= 4 is 39.3 Å². The van der Waals surface area contributed by atoms with Crippen LogP contribution in [0.15, 0.2) is 62.8 Å². The molecule has 0 saturated carbocycles. The fraction of sp³-hybridized carbons (Fsp3) is 0. The summed E-state index contributed by atoms with van der Waals surface area (Å²) in [6, 6.07) is 16.1. The molecule has 0 aliphatic heterocycles. The van der Waals surface area contributed by atoms with Crippen LogP contribution in [0.2, 0.25) is 5.02 Å². The lowest BCUT2D eigenvalue weighted by Gasteiger charge is -2.04. The van der Waals surface area contributed by atoms with E-state index in [0.29, 0.717) is 0 Å². The van der Waals surface area contributed by atoms with Gasteiger partial charge in [-0.3, -0.25) is 0 Å². The van der Waals surface area contributed by atoms with Crippen molar-refractivity contribution in [1.82, 2.24) is 0 Å². The van der Waals surface area contributed by atoms with Gasteiger partial charge in [-0.1, -0.05) is 41.6 Å². The van der Waals surface area contributed by atoms with Crippen LogP contribution in [0.5, 0.6) is 0 Å². The fourth-order valence-electron chi connectivity index (χ4n) is 1.17. The number of hydrogen-bond donors (Lipinski definition) is 0. The van der Waals surface area contributed by atoms with Gasteiger partial charge in [0, 0.05) is 19.3 Å². The van der Waals surface area contributed by atoms with E-state index in [9.17, 15) is 0 Å². The summed E-state index contributed by atoms with van der Waals surface area (Å²) in [5.74, 6) is 0. The zero-order valence-corrected chi connectivity index (χ0v) is 10.9. The molecule has 2 aromatic rings. The summed E-state index contributed by atoms with van der Waals surface area (Å²) < 4.78 is 1.03. The van der Waals surface area contributed by atoms with Gasteiger partial charge in [-0.05, 0) is 46.3 Å². The molecule has 0 heterocycles. The minimum absolute atomic E-state index is 0.749. The summed E-state index contributed by atoms with van der Waals surface area (Å²) in [6.07, 6.45) is 0. The monoisotopic (exact) mass is 298 g/mol. The summed E-state index contributed by atoms with van der Waals surface area (Å²) in [4.78, 5) is 2.39. The average molecular weight is 300 g/mol. The third-order valence-electron chi connectivity index (χ3n) is 1.86. The molecule has 0 radical (unpaired) electrons. The highest BCUT2D eigenvalue weighted by molar-refractivity contribution is 9.10. The van der Waals surface area contributed by atoms with Gasteiger partial charge >= 0.3 is 0 Å². The summed E-state index contributed by atoms with van der Waals surface area (Å²) in [7, 11) is 0. The molecule has 76 valence electrons. The molecular formula is C12H8BrClS. The zero-order valence-electron chi connectivity index (χ0n) is 7.78. The maximum absolute atomic E-state index is 5.88. The lowest BCUT2D eigenvalue weighted by molar-refractivity contribution is 1.37. The van der Waals surface area contributed by atoms with Crippen LogP contribution in [0, 0.1) is 0 Å². The number of hydrogen-bond acceptors (Lipinski definition) is 1. The fourth-order valence-corrected chi connectivity index (χ4v) is 2.94. The first-order valence-corrected chi connectivity index (χ1v) is 6.42. The van der Waals surface area contributed by atoms with Crippen LogP contribution >= 0.6 is 39.3 Å². The van der Waals surface area contributed by atoms with Gasteiger partial charge in [0.15, 0.2) is 0 Å². The first kappa shape index (κ1) is 11.1.